The van der Waals surface area contributed by atoms with E-state index in [4.69, 9.17) is 9.05 Å². The number of aliphatic hydroxyl groups is 1. The second-order valence-electron chi connectivity index (χ2n) is 25.2. The minimum Gasteiger partial charge on any atom is -0.756 e. The lowest BCUT2D eigenvalue weighted by atomic mass is 10.0. The molecule has 2 N–H and O–H groups in total. The first-order chi connectivity index (χ1) is 40.0. The number of amides is 1. The molecule has 0 aromatic carbocycles. The van der Waals surface area contributed by atoms with Gasteiger partial charge in [0.2, 0.25) is 5.91 Å². The molecule has 0 saturated carbocycles. The highest BCUT2D eigenvalue weighted by Gasteiger charge is 2.23. The first-order valence-electron chi connectivity index (χ1n) is 35.3. The van der Waals surface area contributed by atoms with Crippen LogP contribution in [0.15, 0.2) is 72.9 Å². The molecular formula is C73H137N2O6P. The fraction of sp³-hybridized carbons (Fsp3) is 0.822. The summed E-state index contributed by atoms with van der Waals surface area (Å²) in [6.07, 6.45) is 88.9. The lowest BCUT2D eigenvalue weighted by Crippen LogP contribution is -2.45. The second kappa shape index (κ2) is 63.4. The van der Waals surface area contributed by atoms with E-state index in [1.54, 1.807) is 6.08 Å². The van der Waals surface area contributed by atoms with Crippen LogP contribution < -0.4 is 10.2 Å². The number of hydrogen-bond acceptors (Lipinski definition) is 6. The molecule has 0 spiro atoms. The molecule has 480 valence electrons. The van der Waals surface area contributed by atoms with Crippen molar-refractivity contribution in [2.45, 2.75) is 347 Å². The number of hydrogen-bond donors (Lipinski definition) is 2. The van der Waals surface area contributed by atoms with Gasteiger partial charge in [-0.2, -0.15) is 0 Å². The van der Waals surface area contributed by atoms with Crippen molar-refractivity contribution in [3.8, 4) is 0 Å². The van der Waals surface area contributed by atoms with Gasteiger partial charge in [-0.25, -0.2) is 0 Å². The fourth-order valence-electron chi connectivity index (χ4n) is 10.4. The summed E-state index contributed by atoms with van der Waals surface area (Å²) in [5.41, 5.74) is 0. The van der Waals surface area contributed by atoms with E-state index in [9.17, 15) is 19.4 Å². The summed E-state index contributed by atoms with van der Waals surface area (Å²) in [4.78, 5) is 25.6. The molecule has 0 aliphatic heterocycles. The number of carbonyl (C=O) groups excluding carboxylic acids is 1. The van der Waals surface area contributed by atoms with Gasteiger partial charge in [-0.15, -0.1) is 0 Å². The van der Waals surface area contributed by atoms with Gasteiger partial charge in [0.05, 0.1) is 39.9 Å². The van der Waals surface area contributed by atoms with Gasteiger partial charge in [-0.1, -0.05) is 318 Å². The largest absolute Gasteiger partial charge is 0.756 e. The Kier molecular flexibility index (Phi) is 61.8. The predicted molar refractivity (Wildman–Crippen MR) is 357 cm³/mol. The molecule has 1 amide bonds. The number of aliphatic hydroxyl groups excluding tert-OH is 1. The summed E-state index contributed by atoms with van der Waals surface area (Å²) in [7, 11) is 1.24. The maximum atomic E-state index is 13.0. The third-order valence-corrected chi connectivity index (χ3v) is 16.8. The maximum absolute atomic E-state index is 13.0. The van der Waals surface area contributed by atoms with Crippen molar-refractivity contribution in [3.63, 3.8) is 0 Å². The van der Waals surface area contributed by atoms with Crippen LogP contribution in [-0.2, 0) is 18.4 Å². The molecule has 0 fully saturated rings. The van der Waals surface area contributed by atoms with E-state index in [0.29, 0.717) is 17.4 Å². The highest BCUT2D eigenvalue weighted by Crippen LogP contribution is 2.38. The van der Waals surface area contributed by atoms with Crippen LogP contribution in [0, 0.1) is 0 Å². The van der Waals surface area contributed by atoms with Crippen LogP contribution >= 0.6 is 7.82 Å². The number of likely N-dealkylation sites (N-methyl/N-ethyl adjacent to an activating group) is 1. The van der Waals surface area contributed by atoms with Gasteiger partial charge in [0.1, 0.15) is 13.2 Å². The van der Waals surface area contributed by atoms with E-state index in [1.807, 2.05) is 27.2 Å². The molecule has 0 rings (SSSR count). The number of allylic oxidation sites excluding steroid dienone is 11. The van der Waals surface area contributed by atoms with Crippen molar-refractivity contribution < 1.29 is 32.9 Å². The Morgan fingerprint density at radius 1 is 0.427 bits per heavy atom. The van der Waals surface area contributed by atoms with Crippen molar-refractivity contribution in [1.82, 2.24) is 5.32 Å². The van der Waals surface area contributed by atoms with E-state index in [0.717, 1.165) is 57.8 Å². The van der Waals surface area contributed by atoms with Crippen molar-refractivity contribution in [2.24, 2.45) is 0 Å². The SMILES string of the molecule is CCCCCCC/C=C\C/C=C\C/C=C\CCCCCCCCCCCCCCCCCCCCC(=O)NC(COP(=O)([O-])OCC[N+](C)(C)C)C(O)/C=C/CC/C=C/CC/C=C/CCCCCCCCCCCCCCCCCCC. The third kappa shape index (κ3) is 65.5. The van der Waals surface area contributed by atoms with Crippen molar-refractivity contribution >= 4 is 13.7 Å². The molecule has 0 aliphatic carbocycles. The molecule has 8 nitrogen and oxygen atoms in total. The minimum absolute atomic E-state index is 0.00993. The first-order valence-corrected chi connectivity index (χ1v) is 36.8. The Morgan fingerprint density at radius 2 is 0.720 bits per heavy atom. The predicted octanol–water partition coefficient (Wildman–Crippen LogP) is 21.9. The summed E-state index contributed by atoms with van der Waals surface area (Å²) in [6.45, 7) is 4.65. The Balaban J connectivity index is 4.11. The zero-order valence-electron chi connectivity index (χ0n) is 54.9. The van der Waals surface area contributed by atoms with Gasteiger partial charge >= 0.3 is 0 Å². The number of phosphoric ester groups is 1. The van der Waals surface area contributed by atoms with Crippen LogP contribution in [-0.4, -0.2) is 68.5 Å². The molecule has 0 bridgehead atoms. The van der Waals surface area contributed by atoms with Gasteiger partial charge in [0.15, 0.2) is 0 Å². The normalized spacial score (nSPS) is 14.1. The molecule has 0 heterocycles. The van der Waals surface area contributed by atoms with E-state index in [-0.39, 0.29) is 12.5 Å². The monoisotopic (exact) mass is 1170 g/mol. The van der Waals surface area contributed by atoms with Crippen LogP contribution in [0.25, 0.3) is 0 Å². The summed E-state index contributed by atoms with van der Waals surface area (Å²) >= 11 is 0. The average Bonchev–Trinajstić information content (AvgIpc) is 3.47. The third-order valence-electron chi connectivity index (χ3n) is 15.9. The Bertz CT molecular complexity index is 1570. The Morgan fingerprint density at radius 3 is 1.07 bits per heavy atom. The van der Waals surface area contributed by atoms with Crippen LogP contribution in [0.3, 0.4) is 0 Å². The summed E-state index contributed by atoms with van der Waals surface area (Å²) in [5, 5.41) is 13.9. The number of nitrogens with one attached hydrogen (secondary N) is 1. The number of nitrogens with zero attached hydrogens (tertiary/aromatic N) is 1. The van der Waals surface area contributed by atoms with Crippen LogP contribution in [0.4, 0.5) is 0 Å². The van der Waals surface area contributed by atoms with E-state index >= 15 is 0 Å². The van der Waals surface area contributed by atoms with Crippen molar-refractivity contribution in [3.05, 3.63) is 72.9 Å². The zero-order valence-corrected chi connectivity index (χ0v) is 55.8. The Labute approximate surface area is 510 Å². The number of unbranched alkanes of at least 4 members (excludes halogenated alkanes) is 42. The zero-order chi connectivity index (χ0) is 59.8. The number of phosphoric acid groups is 1. The molecule has 3 atom stereocenters. The minimum atomic E-state index is -4.62. The summed E-state index contributed by atoms with van der Waals surface area (Å²) in [6, 6.07) is -0.914. The van der Waals surface area contributed by atoms with Crippen LogP contribution in [0.2, 0.25) is 0 Å². The molecule has 0 aliphatic rings. The van der Waals surface area contributed by atoms with Gasteiger partial charge in [0.25, 0.3) is 7.82 Å². The lowest BCUT2D eigenvalue weighted by molar-refractivity contribution is -0.870. The van der Waals surface area contributed by atoms with Gasteiger partial charge in [0, 0.05) is 6.42 Å². The smallest absolute Gasteiger partial charge is 0.268 e. The van der Waals surface area contributed by atoms with Gasteiger partial charge in [-0.3, -0.25) is 9.36 Å². The quantitative estimate of drug-likeness (QED) is 0.0272. The molecular weight excluding hydrogens is 1030 g/mol. The standard InChI is InChI=1S/C73H137N2O6P/c1-6-8-10-12-14-16-18-20-22-24-26-28-30-32-34-35-36-37-38-39-41-43-45-47-49-51-53-55-57-59-61-63-65-67-73(77)74-71(70-81-82(78,79)80-69-68-75(3,4)5)72(76)66-64-62-60-58-56-54-52-50-48-46-44-42-40-33-31-29-27-25-23-21-19-17-15-13-11-9-7-2/h18,20,24,26,30,32,48,50,56,58,64,66,71-72,76H,6-17,19,21-23,25,27-29,31,33-47,49,51-55,57,59-63,65,67-70H2,1-5H3,(H-,74,77,78,79)/b20-18-,26-24-,32-30-,50-48+,58-56+,66-64+. The molecule has 0 radical (unpaired) electrons. The van der Waals surface area contributed by atoms with E-state index < -0.39 is 26.6 Å². The second-order valence-corrected chi connectivity index (χ2v) is 26.6. The first kappa shape index (κ1) is 79.9. The molecule has 0 saturated heterocycles. The van der Waals surface area contributed by atoms with E-state index in [2.05, 4.69) is 79.9 Å². The highest BCUT2D eigenvalue weighted by atomic mass is 31.2. The van der Waals surface area contributed by atoms with Crippen molar-refractivity contribution in [2.75, 3.05) is 40.9 Å². The van der Waals surface area contributed by atoms with Gasteiger partial charge in [-0.05, 0) is 83.5 Å². The topological polar surface area (TPSA) is 108 Å². The summed E-state index contributed by atoms with van der Waals surface area (Å²) in [5.74, 6) is -0.208. The number of carbonyl (C=O) groups is 1. The van der Waals surface area contributed by atoms with Gasteiger partial charge < -0.3 is 28.8 Å². The molecule has 0 aromatic heterocycles. The molecule has 3 unspecified atom stereocenters. The number of rotatable bonds is 65. The highest BCUT2D eigenvalue weighted by molar-refractivity contribution is 7.45. The summed E-state index contributed by atoms with van der Waals surface area (Å²) < 4.78 is 23.4. The number of quaternary nitrogens is 1. The maximum Gasteiger partial charge on any atom is 0.268 e. The molecule has 9 heteroatoms. The molecule has 82 heavy (non-hydrogen) atoms. The van der Waals surface area contributed by atoms with E-state index in [1.165, 1.54) is 257 Å². The Hall–Kier alpha value is -2.06. The van der Waals surface area contributed by atoms with Crippen molar-refractivity contribution in [1.29, 1.82) is 0 Å². The lowest BCUT2D eigenvalue weighted by Gasteiger charge is -2.29. The fourth-order valence-corrected chi connectivity index (χ4v) is 11.1. The van der Waals surface area contributed by atoms with Crippen LogP contribution in [0.1, 0.15) is 335 Å². The van der Waals surface area contributed by atoms with Crippen LogP contribution in [0.5, 0.6) is 0 Å². The molecule has 0 aromatic rings. The average molecular weight is 1170 g/mol.